The van der Waals surface area contributed by atoms with Crippen LogP contribution >= 0.6 is 0 Å². The molecule has 1 amide bonds. The third-order valence-corrected chi connectivity index (χ3v) is 5.20. The first-order valence-corrected chi connectivity index (χ1v) is 9.64. The lowest BCUT2D eigenvalue weighted by molar-refractivity contribution is 0.0150. The summed E-state index contributed by atoms with van der Waals surface area (Å²) in [6, 6.07) is 14.3. The average molecular weight is 411 g/mol. The number of hydrogen-bond acceptors (Lipinski definition) is 6. The second-order valence-electron chi connectivity index (χ2n) is 7.13. The molecule has 1 unspecified atom stereocenters. The van der Waals surface area contributed by atoms with Gasteiger partial charge in [-0.05, 0) is 25.0 Å². The van der Waals surface area contributed by atoms with Crippen molar-refractivity contribution in [2.24, 2.45) is 0 Å². The molecule has 0 spiro atoms. The van der Waals surface area contributed by atoms with Crippen molar-refractivity contribution in [1.82, 2.24) is 15.0 Å². The van der Waals surface area contributed by atoms with E-state index in [9.17, 15) is 4.79 Å². The number of nitrogens with zero attached hydrogens (tertiary/aromatic N) is 3. The molecule has 30 heavy (non-hydrogen) atoms. The maximum atomic E-state index is 15.8. The molecular weight excluding hydrogens is 389 g/mol. The summed E-state index contributed by atoms with van der Waals surface area (Å²) >= 11 is 0. The molecule has 0 bridgehead atoms. The third kappa shape index (κ3) is 3.60. The minimum atomic E-state index is -1.92. The van der Waals surface area contributed by atoms with Gasteiger partial charge in [0.1, 0.15) is 0 Å². The van der Waals surface area contributed by atoms with Crippen LogP contribution in [0.4, 0.5) is 4.39 Å². The van der Waals surface area contributed by atoms with Crippen molar-refractivity contribution in [2.75, 3.05) is 27.3 Å². The number of likely N-dealkylation sites (tertiary alicyclic amines) is 1. The summed E-state index contributed by atoms with van der Waals surface area (Å²) in [5.41, 5.74) is -0.863. The Morgan fingerprint density at radius 1 is 1.13 bits per heavy atom. The Morgan fingerprint density at radius 3 is 2.67 bits per heavy atom. The largest absolute Gasteiger partial charge is 0.493 e. The molecule has 0 radical (unpaired) electrons. The fourth-order valence-corrected chi connectivity index (χ4v) is 3.69. The van der Waals surface area contributed by atoms with Gasteiger partial charge in [-0.2, -0.15) is 4.98 Å². The van der Waals surface area contributed by atoms with Crippen LogP contribution in [0.3, 0.4) is 0 Å². The summed E-state index contributed by atoms with van der Waals surface area (Å²) in [5.74, 6) is 0.632. The predicted molar refractivity (Wildman–Crippen MR) is 107 cm³/mol. The Labute approximate surface area is 173 Å². The number of carbonyl (C=O) groups is 1. The monoisotopic (exact) mass is 411 g/mol. The molecule has 0 saturated carbocycles. The van der Waals surface area contributed by atoms with Crippen molar-refractivity contribution >= 4 is 5.91 Å². The highest BCUT2D eigenvalue weighted by atomic mass is 19.1. The summed E-state index contributed by atoms with van der Waals surface area (Å²) < 4.78 is 31.7. The first kappa shape index (κ1) is 19.9. The number of rotatable bonds is 5. The van der Waals surface area contributed by atoms with Gasteiger partial charge in [-0.25, -0.2) is 4.39 Å². The Balaban J connectivity index is 1.59. The van der Waals surface area contributed by atoms with Gasteiger partial charge in [0.15, 0.2) is 11.5 Å². The number of para-hydroxylation sites is 1. The van der Waals surface area contributed by atoms with E-state index >= 15 is 4.39 Å². The average Bonchev–Trinajstić information content (AvgIpc) is 3.30. The lowest BCUT2D eigenvalue weighted by atomic mass is 9.94. The van der Waals surface area contributed by atoms with Gasteiger partial charge in [0, 0.05) is 12.1 Å². The molecule has 1 saturated heterocycles. The predicted octanol–water partition coefficient (Wildman–Crippen LogP) is 3.85. The molecule has 0 N–H and O–H groups in total. The number of piperidine rings is 1. The number of alkyl halides is 1. The standard InChI is InChI=1S/C22H22FN3O4/c1-28-17-11-6-10-16(18(17)29-2)20(27)26-13-7-12-22(23,14-26)21-24-19(25-30-21)15-8-4-3-5-9-15/h3-6,8-11H,7,12-14H2,1-2H3. The molecule has 0 aliphatic carbocycles. The quantitative estimate of drug-likeness (QED) is 0.635. The molecular formula is C22H22FN3O4. The lowest BCUT2D eigenvalue weighted by Crippen LogP contribution is -2.46. The summed E-state index contributed by atoms with van der Waals surface area (Å²) in [4.78, 5) is 18.9. The number of benzene rings is 2. The van der Waals surface area contributed by atoms with Crippen LogP contribution in [-0.4, -0.2) is 48.3 Å². The molecule has 1 aliphatic heterocycles. The fraction of sp³-hybridized carbons (Fsp3) is 0.318. The van der Waals surface area contributed by atoms with Gasteiger partial charge < -0.3 is 18.9 Å². The van der Waals surface area contributed by atoms with E-state index in [0.717, 1.165) is 5.56 Å². The zero-order valence-electron chi connectivity index (χ0n) is 16.8. The van der Waals surface area contributed by atoms with Crippen molar-refractivity contribution in [2.45, 2.75) is 18.5 Å². The van der Waals surface area contributed by atoms with Gasteiger partial charge in [-0.3, -0.25) is 4.79 Å². The van der Waals surface area contributed by atoms with E-state index in [1.807, 2.05) is 30.3 Å². The second kappa shape index (κ2) is 8.14. The first-order valence-electron chi connectivity index (χ1n) is 9.64. The Bertz CT molecular complexity index is 1040. The smallest absolute Gasteiger partial charge is 0.266 e. The maximum Gasteiger partial charge on any atom is 0.266 e. The number of carbonyl (C=O) groups excluding carboxylic acids is 1. The van der Waals surface area contributed by atoms with Crippen LogP contribution < -0.4 is 9.47 Å². The Kier molecular flexibility index (Phi) is 5.39. The van der Waals surface area contributed by atoms with Gasteiger partial charge >= 0.3 is 0 Å². The number of ether oxygens (including phenoxy) is 2. The Hall–Kier alpha value is -3.42. The van der Waals surface area contributed by atoms with E-state index in [1.165, 1.54) is 19.1 Å². The van der Waals surface area contributed by atoms with Crippen molar-refractivity contribution < 1.29 is 23.2 Å². The maximum absolute atomic E-state index is 15.8. The van der Waals surface area contributed by atoms with Crippen molar-refractivity contribution in [3.8, 4) is 22.9 Å². The van der Waals surface area contributed by atoms with Crippen LogP contribution in [-0.2, 0) is 5.67 Å². The SMILES string of the molecule is COc1cccc(C(=O)N2CCCC(F)(c3nc(-c4ccccc4)no3)C2)c1OC. The van der Waals surface area contributed by atoms with E-state index < -0.39 is 5.67 Å². The lowest BCUT2D eigenvalue weighted by Gasteiger charge is -2.35. The molecule has 1 aliphatic rings. The van der Waals surface area contributed by atoms with E-state index in [4.69, 9.17) is 14.0 Å². The molecule has 8 heteroatoms. The number of aromatic nitrogens is 2. The van der Waals surface area contributed by atoms with Gasteiger partial charge in [0.25, 0.3) is 11.8 Å². The van der Waals surface area contributed by atoms with E-state index in [-0.39, 0.29) is 24.8 Å². The zero-order chi connectivity index (χ0) is 21.1. The first-order chi connectivity index (χ1) is 14.6. The molecule has 1 atom stereocenters. The third-order valence-electron chi connectivity index (χ3n) is 5.20. The minimum absolute atomic E-state index is 0.114. The molecule has 7 nitrogen and oxygen atoms in total. The molecule has 156 valence electrons. The highest BCUT2D eigenvalue weighted by Crippen LogP contribution is 2.38. The van der Waals surface area contributed by atoms with E-state index in [2.05, 4.69) is 10.1 Å². The number of halogens is 1. The second-order valence-corrected chi connectivity index (χ2v) is 7.13. The normalized spacial score (nSPS) is 18.8. The van der Waals surface area contributed by atoms with E-state index in [1.54, 1.807) is 18.2 Å². The van der Waals surface area contributed by atoms with E-state index in [0.29, 0.717) is 35.9 Å². The van der Waals surface area contributed by atoms with Gasteiger partial charge in [-0.1, -0.05) is 41.6 Å². The number of amides is 1. The zero-order valence-corrected chi connectivity index (χ0v) is 16.8. The summed E-state index contributed by atoms with van der Waals surface area (Å²) in [5, 5.41) is 3.92. The molecule has 2 aromatic carbocycles. The van der Waals surface area contributed by atoms with Gasteiger partial charge in [0.2, 0.25) is 11.5 Å². The summed E-state index contributed by atoms with van der Waals surface area (Å²) in [7, 11) is 2.97. The van der Waals surface area contributed by atoms with Crippen molar-refractivity contribution in [1.29, 1.82) is 0 Å². The van der Waals surface area contributed by atoms with Crippen LogP contribution in [0.5, 0.6) is 11.5 Å². The van der Waals surface area contributed by atoms with Crippen LogP contribution in [0.15, 0.2) is 53.1 Å². The van der Waals surface area contributed by atoms with Crippen molar-refractivity contribution in [3.05, 3.63) is 60.0 Å². The number of methoxy groups -OCH3 is 2. The van der Waals surface area contributed by atoms with Crippen LogP contribution in [0.1, 0.15) is 29.1 Å². The van der Waals surface area contributed by atoms with Crippen LogP contribution in [0.25, 0.3) is 11.4 Å². The fourth-order valence-electron chi connectivity index (χ4n) is 3.69. The highest BCUT2D eigenvalue weighted by Gasteiger charge is 2.44. The molecule has 4 rings (SSSR count). The number of hydrogen-bond donors (Lipinski definition) is 0. The van der Waals surface area contributed by atoms with Gasteiger partial charge in [-0.15, -0.1) is 0 Å². The van der Waals surface area contributed by atoms with Crippen LogP contribution in [0, 0.1) is 0 Å². The van der Waals surface area contributed by atoms with Gasteiger partial charge in [0.05, 0.1) is 26.3 Å². The summed E-state index contributed by atoms with van der Waals surface area (Å²) in [6.07, 6.45) is 0.667. The highest BCUT2D eigenvalue weighted by molar-refractivity contribution is 5.98. The summed E-state index contributed by atoms with van der Waals surface area (Å²) in [6.45, 7) is 0.243. The van der Waals surface area contributed by atoms with Crippen LogP contribution in [0.2, 0.25) is 0 Å². The molecule has 1 aromatic heterocycles. The minimum Gasteiger partial charge on any atom is -0.493 e. The van der Waals surface area contributed by atoms with Crippen molar-refractivity contribution in [3.63, 3.8) is 0 Å². The molecule has 1 fully saturated rings. The molecule has 3 aromatic rings. The molecule has 2 heterocycles. The Morgan fingerprint density at radius 2 is 1.93 bits per heavy atom. The topological polar surface area (TPSA) is 77.7 Å².